The molecule has 5 atom stereocenters. The van der Waals surface area contributed by atoms with E-state index in [1.54, 1.807) is 45.9 Å². The van der Waals surface area contributed by atoms with Gasteiger partial charge in [-0.15, -0.1) is 0 Å². The minimum Gasteiger partial charge on any atom is -0.507 e. The van der Waals surface area contributed by atoms with Gasteiger partial charge in [0.1, 0.15) is 23.4 Å². The third-order valence-corrected chi connectivity index (χ3v) is 6.42. The number of carbonyl (C=O) groups is 3. The minimum absolute atomic E-state index is 0.0237. The minimum atomic E-state index is -1.06. The molecule has 3 N–H and O–H groups in total. The number of carbonyl (C=O) groups excluding carboxylic acids is 3. The second-order valence-corrected chi connectivity index (χ2v) is 10.9. The fraction of sp³-hybridized carbons (Fsp3) is 0.654. The Bertz CT molecular complexity index is 917. The number of aryl methyl sites for hydroxylation is 1. The Morgan fingerprint density at radius 3 is 2.40 bits per heavy atom. The first kappa shape index (κ1) is 28.8. The van der Waals surface area contributed by atoms with Crippen molar-refractivity contribution in [3.05, 3.63) is 29.3 Å². The molecule has 1 fully saturated rings. The number of para-hydroxylation sites is 1. The van der Waals surface area contributed by atoms with Crippen molar-refractivity contribution in [2.75, 3.05) is 5.75 Å². The highest BCUT2D eigenvalue weighted by molar-refractivity contribution is 7.80. The Kier molecular flexibility index (Phi) is 9.89. The molecule has 5 unspecified atom stereocenters. The lowest BCUT2D eigenvalue weighted by Gasteiger charge is -2.35. The summed E-state index contributed by atoms with van der Waals surface area (Å²) in [5.74, 6) is -0.629. The second-order valence-electron chi connectivity index (χ2n) is 10.5. The highest BCUT2D eigenvalue weighted by Gasteiger charge is 2.48. The summed E-state index contributed by atoms with van der Waals surface area (Å²) in [6.45, 7) is 12.9. The van der Waals surface area contributed by atoms with Gasteiger partial charge in [0, 0.05) is 23.4 Å². The average molecular weight is 508 g/mol. The van der Waals surface area contributed by atoms with E-state index < -0.39 is 29.7 Å². The highest BCUT2D eigenvalue weighted by Crippen LogP contribution is 2.42. The van der Waals surface area contributed by atoms with Crippen molar-refractivity contribution in [1.29, 1.82) is 0 Å². The van der Waals surface area contributed by atoms with Gasteiger partial charge in [0.2, 0.25) is 11.8 Å². The maximum absolute atomic E-state index is 13.9. The quantitative estimate of drug-likeness (QED) is 0.357. The molecule has 0 aliphatic heterocycles. The zero-order chi connectivity index (χ0) is 26.5. The summed E-state index contributed by atoms with van der Waals surface area (Å²) in [6, 6.07) is 2.81. The van der Waals surface area contributed by atoms with Crippen LogP contribution in [0.25, 0.3) is 0 Å². The lowest BCUT2D eigenvalue weighted by Crippen LogP contribution is -2.55. The number of nitrogens with one attached hydrogen (secondary N) is 2. The fourth-order valence-electron chi connectivity index (χ4n) is 4.13. The molecule has 35 heavy (non-hydrogen) atoms. The molecule has 8 nitrogen and oxygen atoms in total. The van der Waals surface area contributed by atoms with Crippen LogP contribution in [0.1, 0.15) is 78.0 Å². The Morgan fingerprint density at radius 1 is 1.26 bits per heavy atom. The van der Waals surface area contributed by atoms with Crippen molar-refractivity contribution in [2.24, 2.45) is 5.92 Å². The molecule has 1 aliphatic carbocycles. The van der Waals surface area contributed by atoms with E-state index >= 15 is 0 Å². The number of alkyl carbamates (subject to hydrolysis) is 1. The Hall–Kier alpha value is -2.42. The topological polar surface area (TPSA) is 108 Å². The first-order valence-electron chi connectivity index (χ1n) is 12.3. The predicted octanol–water partition coefficient (Wildman–Crippen LogP) is 4.11. The molecule has 196 valence electrons. The molecule has 0 saturated heterocycles. The van der Waals surface area contributed by atoms with Crippen LogP contribution in [0.5, 0.6) is 5.75 Å². The summed E-state index contributed by atoms with van der Waals surface area (Å²) in [5, 5.41) is 16.5. The van der Waals surface area contributed by atoms with E-state index in [-0.39, 0.29) is 35.4 Å². The maximum atomic E-state index is 13.9. The van der Waals surface area contributed by atoms with Crippen LogP contribution in [0.4, 0.5) is 4.79 Å². The van der Waals surface area contributed by atoms with Crippen molar-refractivity contribution in [3.63, 3.8) is 0 Å². The zero-order valence-electron chi connectivity index (χ0n) is 21.9. The third kappa shape index (κ3) is 7.78. The number of amides is 3. The Balaban J connectivity index is 2.48. The normalized spacial score (nSPS) is 19.8. The zero-order valence-corrected chi connectivity index (χ0v) is 22.8. The van der Waals surface area contributed by atoms with Gasteiger partial charge in [-0.25, -0.2) is 4.79 Å². The number of phenols is 1. The average Bonchev–Trinajstić information content (AvgIpc) is 3.46. The molecule has 3 amide bonds. The maximum Gasteiger partial charge on any atom is 0.408 e. The molecule has 9 heteroatoms. The number of thiol groups is 1. The number of nitrogens with zero attached hydrogens (tertiary/aromatic N) is 1. The summed E-state index contributed by atoms with van der Waals surface area (Å²) in [7, 11) is 0. The van der Waals surface area contributed by atoms with Crippen molar-refractivity contribution < 1.29 is 24.2 Å². The number of ether oxygens (including phenoxy) is 1. The van der Waals surface area contributed by atoms with Gasteiger partial charge in [-0.1, -0.05) is 38.5 Å². The molecular formula is C26H41N3O5S. The van der Waals surface area contributed by atoms with Gasteiger partial charge in [0.15, 0.2) is 0 Å². The molecule has 1 aliphatic rings. The second kappa shape index (κ2) is 12.0. The van der Waals surface area contributed by atoms with E-state index in [0.717, 1.165) is 19.3 Å². The van der Waals surface area contributed by atoms with Crippen LogP contribution in [0, 0.1) is 12.8 Å². The van der Waals surface area contributed by atoms with Gasteiger partial charge in [-0.2, -0.15) is 12.6 Å². The van der Waals surface area contributed by atoms with Crippen molar-refractivity contribution in [2.45, 2.75) is 97.5 Å². The lowest BCUT2D eigenvalue weighted by molar-refractivity contribution is -0.143. The molecule has 0 bridgehead atoms. The lowest BCUT2D eigenvalue weighted by atomic mass is 9.98. The van der Waals surface area contributed by atoms with E-state index in [1.807, 2.05) is 20.8 Å². The van der Waals surface area contributed by atoms with Gasteiger partial charge in [-0.05, 0) is 58.9 Å². The van der Waals surface area contributed by atoms with Crippen LogP contribution in [0.2, 0.25) is 0 Å². The van der Waals surface area contributed by atoms with E-state index in [4.69, 9.17) is 4.74 Å². The van der Waals surface area contributed by atoms with Crippen molar-refractivity contribution >= 4 is 30.5 Å². The number of hydrogen-bond donors (Lipinski definition) is 4. The molecule has 0 aromatic heterocycles. The molecule has 1 aromatic carbocycles. The molecule has 0 heterocycles. The first-order chi connectivity index (χ1) is 16.3. The van der Waals surface area contributed by atoms with Crippen LogP contribution in [0.15, 0.2) is 18.2 Å². The molecule has 0 radical (unpaired) electrons. The number of benzene rings is 1. The first-order valence-corrected chi connectivity index (χ1v) is 12.9. The number of rotatable bonds is 10. The summed E-state index contributed by atoms with van der Waals surface area (Å²) in [4.78, 5) is 41.5. The smallest absolute Gasteiger partial charge is 0.408 e. The van der Waals surface area contributed by atoms with Crippen LogP contribution in [-0.2, 0) is 14.3 Å². The van der Waals surface area contributed by atoms with Crippen LogP contribution in [-0.4, -0.2) is 57.4 Å². The van der Waals surface area contributed by atoms with E-state index in [2.05, 4.69) is 23.3 Å². The standard InChI is InChI=1S/C26H41N3O5S/c1-8-10-17(4)27-23(31)21(18-12-9-11-15(2)22(18)30)29(20-13-16(20)3)24(32)19(14-35)28-25(33)34-26(5,6)7/h9,11-12,16-17,19-21,30,35H,8,10,13-14H2,1-7H3,(H,27,31)(H,28,33). The molecule has 1 saturated carbocycles. The van der Waals surface area contributed by atoms with E-state index in [0.29, 0.717) is 11.1 Å². The fourth-order valence-corrected chi connectivity index (χ4v) is 4.38. The number of phenolic OH excluding ortho intramolecular Hbond substituents is 1. The van der Waals surface area contributed by atoms with Crippen molar-refractivity contribution in [3.8, 4) is 5.75 Å². The molecular weight excluding hydrogens is 466 g/mol. The van der Waals surface area contributed by atoms with Gasteiger partial charge in [0.25, 0.3) is 0 Å². The van der Waals surface area contributed by atoms with Gasteiger partial charge in [-0.3, -0.25) is 9.59 Å². The van der Waals surface area contributed by atoms with Crippen molar-refractivity contribution in [1.82, 2.24) is 15.5 Å². The van der Waals surface area contributed by atoms with Crippen LogP contribution >= 0.6 is 12.6 Å². The molecule has 1 aromatic rings. The number of hydrogen-bond acceptors (Lipinski definition) is 6. The summed E-state index contributed by atoms with van der Waals surface area (Å²) in [6.07, 6.45) is 1.67. The molecule has 0 spiro atoms. The van der Waals surface area contributed by atoms with Crippen LogP contribution in [0.3, 0.4) is 0 Å². The molecule has 2 rings (SSSR count). The highest BCUT2D eigenvalue weighted by atomic mass is 32.1. The van der Waals surface area contributed by atoms with Gasteiger partial charge >= 0.3 is 6.09 Å². The van der Waals surface area contributed by atoms with Crippen LogP contribution < -0.4 is 10.6 Å². The van der Waals surface area contributed by atoms with Gasteiger partial charge in [0.05, 0.1) is 0 Å². The van der Waals surface area contributed by atoms with E-state index in [1.165, 1.54) is 4.90 Å². The largest absolute Gasteiger partial charge is 0.507 e. The van der Waals surface area contributed by atoms with Gasteiger partial charge < -0.3 is 25.4 Å². The SMILES string of the molecule is CCCC(C)NC(=O)C(c1cccc(C)c1O)N(C(=O)C(CS)NC(=O)OC(C)(C)C)C1CC1C. The third-order valence-electron chi connectivity index (χ3n) is 6.05. The summed E-state index contributed by atoms with van der Waals surface area (Å²) in [5.41, 5.74) is 0.231. The number of aromatic hydroxyl groups is 1. The summed E-state index contributed by atoms with van der Waals surface area (Å²) < 4.78 is 5.33. The monoisotopic (exact) mass is 507 g/mol. The Labute approximate surface area is 214 Å². The summed E-state index contributed by atoms with van der Waals surface area (Å²) >= 11 is 4.31. The Morgan fingerprint density at radius 2 is 1.89 bits per heavy atom. The van der Waals surface area contributed by atoms with E-state index in [9.17, 15) is 19.5 Å². The predicted molar refractivity (Wildman–Crippen MR) is 140 cm³/mol.